The molecule has 0 atom stereocenters. The first-order valence-electron chi connectivity index (χ1n) is 4.30. The van der Waals surface area contributed by atoms with Gasteiger partial charge in [0.15, 0.2) is 0 Å². The fourth-order valence-corrected chi connectivity index (χ4v) is 1.61. The number of anilines is 1. The van der Waals surface area contributed by atoms with Crippen molar-refractivity contribution in [3.8, 4) is 0 Å². The van der Waals surface area contributed by atoms with Gasteiger partial charge in [0, 0.05) is 4.47 Å². The second-order valence-corrected chi connectivity index (χ2v) is 5.26. The molecule has 5 heteroatoms. The highest BCUT2D eigenvalue weighted by Crippen LogP contribution is 2.30. The Morgan fingerprint density at radius 2 is 2.00 bits per heavy atom. The number of halogens is 2. The Bertz CT molecular complexity index is 385. The summed E-state index contributed by atoms with van der Waals surface area (Å²) in [7, 11) is 0. The molecule has 0 aliphatic carbocycles. The van der Waals surface area contributed by atoms with E-state index in [0.717, 1.165) is 8.95 Å². The molecular formula is C10H11Br2NO2. The van der Waals surface area contributed by atoms with Gasteiger partial charge in [-0.2, -0.15) is 0 Å². The van der Waals surface area contributed by atoms with E-state index in [1.54, 1.807) is 12.1 Å². The Hall–Kier alpha value is -0.390. The van der Waals surface area contributed by atoms with Gasteiger partial charge in [-0.3, -0.25) is 4.79 Å². The molecule has 0 bridgehead atoms. The summed E-state index contributed by atoms with van der Waals surface area (Å²) in [5.41, 5.74) is -0.765. The summed E-state index contributed by atoms with van der Waals surface area (Å²) >= 11 is 6.66. The number of benzene rings is 1. The smallest absolute Gasteiger partial charge is 0.255 e. The van der Waals surface area contributed by atoms with Gasteiger partial charge in [0.2, 0.25) is 0 Å². The Morgan fingerprint density at radius 1 is 1.40 bits per heavy atom. The van der Waals surface area contributed by atoms with Crippen LogP contribution in [0.4, 0.5) is 5.69 Å². The predicted octanol–water partition coefficient (Wildman–Crippen LogP) is 2.92. The third-order valence-electron chi connectivity index (χ3n) is 1.76. The van der Waals surface area contributed by atoms with Crippen LogP contribution in [0.1, 0.15) is 13.8 Å². The lowest BCUT2D eigenvalue weighted by Gasteiger charge is -2.17. The molecule has 1 aromatic carbocycles. The van der Waals surface area contributed by atoms with Crippen LogP contribution < -0.4 is 5.32 Å². The van der Waals surface area contributed by atoms with E-state index in [-0.39, 0.29) is 0 Å². The van der Waals surface area contributed by atoms with Crippen LogP contribution in [0.15, 0.2) is 27.1 Å². The second-order valence-electron chi connectivity index (χ2n) is 3.61. The zero-order valence-electron chi connectivity index (χ0n) is 8.34. The largest absolute Gasteiger partial charge is 0.381 e. The van der Waals surface area contributed by atoms with E-state index < -0.39 is 11.5 Å². The molecule has 0 unspecified atom stereocenters. The molecule has 1 rings (SSSR count). The lowest BCUT2D eigenvalue weighted by molar-refractivity contribution is -0.130. The van der Waals surface area contributed by atoms with E-state index in [0.29, 0.717) is 5.69 Å². The molecule has 0 saturated carbocycles. The molecule has 3 nitrogen and oxygen atoms in total. The number of rotatable bonds is 2. The molecule has 0 saturated heterocycles. The van der Waals surface area contributed by atoms with E-state index in [2.05, 4.69) is 37.2 Å². The summed E-state index contributed by atoms with van der Waals surface area (Å²) in [4.78, 5) is 11.5. The van der Waals surface area contributed by atoms with Crippen LogP contribution in [-0.4, -0.2) is 16.6 Å². The van der Waals surface area contributed by atoms with Gasteiger partial charge in [0.05, 0.1) is 10.2 Å². The lowest BCUT2D eigenvalue weighted by Crippen LogP contribution is -2.36. The van der Waals surface area contributed by atoms with Crippen molar-refractivity contribution < 1.29 is 9.90 Å². The summed E-state index contributed by atoms with van der Waals surface area (Å²) in [6.45, 7) is 2.88. The Balaban J connectivity index is 2.91. The van der Waals surface area contributed by atoms with Crippen LogP contribution in [0, 0.1) is 0 Å². The molecule has 0 fully saturated rings. The molecule has 15 heavy (non-hydrogen) atoms. The van der Waals surface area contributed by atoms with Crippen LogP contribution in [0.2, 0.25) is 0 Å². The van der Waals surface area contributed by atoms with E-state index in [1.807, 2.05) is 6.07 Å². The van der Waals surface area contributed by atoms with Gasteiger partial charge in [-0.05, 0) is 57.8 Å². The first kappa shape index (κ1) is 12.7. The van der Waals surface area contributed by atoms with Crippen molar-refractivity contribution in [3.05, 3.63) is 27.1 Å². The average Bonchev–Trinajstić information content (AvgIpc) is 2.11. The molecule has 0 aliphatic heterocycles. The van der Waals surface area contributed by atoms with Gasteiger partial charge in [0.25, 0.3) is 5.91 Å². The highest BCUT2D eigenvalue weighted by molar-refractivity contribution is 9.13. The SMILES string of the molecule is CC(C)(O)C(=O)Nc1cccc(Br)c1Br. The summed E-state index contributed by atoms with van der Waals surface area (Å²) in [6.07, 6.45) is 0. The normalized spacial score (nSPS) is 11.3. The van der Waals surface area contributed by atoms with E-state index in [4.69, 9.17) is 0 Å². The van der Waals surface area contributed by atoms with E-state index in [9.17, 15) is 9.90 Å². The minimum absolute atomic E-state index is 0.443. The standard InChI is InChI=1S/C10H11Br2NO2/c1-10(2,15)9(14)13-7-5-3-4-6(11)8(7)12/h3-5,15H,1-2H3,(H,13,14). The Morgan fingerprint density at radius 3 is 2.53 bits per heavy atom. The number of nitrogens with one attached hydrogen (secondary N) is 1. The summed E-state index contributed by atoms with van der Waals surface area (Å²) in [5, 5.41) is 12.1. The first-order chi connectivity index (χ1) is 6.82. The number of hydrogen-bond donors (Lipinski definition) is 2. The molecular weight excluding hydrogens is 326 g/mol. The Labute approximate surface area is 105 Å². The molecule has 0 radical (unpaired) electrons. The third kappa shape index (κ3) is 3.29. The maximum absolute atomic E-state index is 11.5. The average molecular weight is 337 g/mol. The van der Waals surface area contributed by atoms with Crippen LogP contribution in [0.5, 0.6) is 0 Å². The third-order valence-corrected chi connectivity index (χ3v) is 3.80. The second kappa shape index (κ2) is 4.63. The monoisotopic (exact) mass is 335 g/mol. The zero-order chi connectivity index (χ0) is 11.6. The molecule has 0 spiro atoms. The summed E-state index contributed by atoms with van der Waals surface area (Å²) < 4.78 is 1.60. The number of carbonyl (C=O) groups is 1. The van der Waals surface area contributed by atoms with Gasteiger partial charge in [0.1, 0.15) is 5.60 Å². The van der Waals surface area contributed by atoms with Crippen molar-refractivity contribution in [2.75, 3.05) is 5.32 Å². The quantitative estimate of drug-likeness (QED) is 0.872. The lowest BCUT2D eigenvalue weighted by atomic mass is 10.1. The molecule has 1 aromatic rings. The topological polar surface area (TPSA) is 49.3 Å². The zero-order valence-corrected chi connectivity index (χ0v) is 11.5. The highest BCUT2D eigenvalue weighted by Gasteiger charge is 2.24. The van der Waals surface area contributed by atoms with Crippen LogP contribution in [0.25, 0.3) is 0 Å². The molecule has 2 N–H and O–H groups in total. The molecule has 0 aromatic heterocycles. The van der Waals surface area contributed by atoms with Crippen LogP contribution >= 0.6 is 31.9 Å². The van der Waals surface area contributed by atoms with E-state index >= 15 is 0 Å². The Kier molecular flexibility index (Phi) is 3.92. The molecule has 0 aliphatic rings. The minimum Gasteiger partial charge on any atom is -0.381 e. The van der Waals surface area contributed by atoms with Crippen LogP contribution in [-0.2, 0) is 4.79 Å². The molecule has 0 heterocycles. The van der Waals surface area contributed by atoms with Crippen molar-refractivity contribution in [3.63, 3.8) is 0 Å². The van der Waals surface area contributed by atoms with Gasteiger partial charge in [-0.25, -0.2) is 0 Å². The van der Waals surface area contributed by atoms with Gasteiger partial charge < -0.3 is 10.4 Å². The first-order valence-corrected chi connectivity index (χ1v) is 5.89. The minimum atomic E-state index is -1.39. The van der Waals surface area contributed by atoms with Crippen molar-refractivity contribution in [2.45, 2.75) is 19.4 Å². The maximum Gasteiger partial charge on any atom is 0.255 e. The number of amides is 1. The predicted molar refractivity (Wildman–Crippen MR) is 66.8 cm³/mol. The maximum atomic E-state index is 11.5. The molecule has 82 valence electrons. The van der Waals surface area contributed by atoms with Crippen molar-refractivity contribution in [1.82, 2.24) is 0 Å². The van der Waals surface area contributed by atoms with Crippen molar-refractivity contribution in [2.24, 2.45) is 0 Å². The molecule has 1 amide bonds. The van der Waals surface area contributed by atoms with Gasteiger partial charge in [-0.15, -0.1) is 0 Å². The fraction of sp³-hybridized carbons (Fsp3) is 0.300. The number of aliphatic hydroxyl groups is 1. The summed E-state index contributed by atoms with van der Waals surface area (Å²) in [6, 6.07) is 5.40. The van der Waals surface area contributed by atoms with Gasteiger partial charge in [-0.1, -0.05) is 6.07 Å². The highest BCUT2D eigenvalue weighted by atomic mass is 79.9. The van der Waals surface area contributed by atoms with Gasteiger partial charge >= 0.3 is 0 Å². The number of carbonyl (C=O) groups excluding carboxylic acids is 1. The summed E-state index contributed by atoms with van der Waals surface area (Å²) in [5.74, 6) is -0.443. The van der Waals surface area contributed by atoms with Crippen molar-refractivity contribution >= 4 is 43.5 Å². The van der Waals surface area contributed by atoms with E-state index in [1.165, 1.54) is 13.8 Å². The van der Waals surface area contributed by atoms with Crippen molar-refractivity contribution in [1.29, 1.82) is 0 Å². The fourth-order valence-electron chi connectivity index (χ4n) is 0.876. The van der Waals surface area contributed by atoms with Crippen LogP contribution in [0.3, 0.4) is 0 Å². The number of hydrogen-bond acceptors (Lipinski definition) is 2.